The fourth-order valence-corrected chi connectivity index (χ4v) is 3.29. The van der Waals surface area contributed by atoms with Gasteiger partial charge in [0.25, 0.3) is 0 Å². The minimum atomic E-state index is 0.00619. The third kappa shape index (κ3) is 2.95. The first-order chi connectivity index (χ1) is 13.7. The van der Waals surface area contributed by atoms with Crippen molar-refractivity contribution < 1.29 is 9.21 Å². The van der Waals surface area contributed by atoms with Gasteiger partial charge in [-0.2, -0.15) is 5.10 Å². The average molecular weight is 368 g/mol. The molecular formula is C22H16N4O2. The molecule has 6 heteroatoms. The summed E-state index contributed by atoms with van der Waals surface area (Å²) in [5, 5.41) is 7.10. The van der Waals surface area contributed by atoms with Crippen LogP contribution in [0, 0.1) is 0 Å². The molecule has 0 aliphatic heterocycles. The number of carbonyl (C=O) groups excluding carboxylic acids is 1. The zero-order chi connectivity index (χ0) is 19.1. The van der Waals surface area contributed by atoms with E-state index in [1.54, 1.807) is 35.6 Å². The van der Waals surface area contributed by atoms with Gasteiger partial charge >= 0.3 is 0 Å². The molecule has 4 heterocycles. The van der Waals surface area contributed by atoms with E-state index < -0.39 is 0 Å². The summed E-state index contributed by atoms with van der Waals surface area (Å²) in [4.78, 5) is 21.6. The van der Waals surface area contributed by atoms with Gasteiger partial charge in [-0.15, -0.1) is 0 Å². The molecule has 136 valence electrons. The van der Waals surface area contributed by atoms with E-state index in [4.69, 9.17) is 4.42 Å². The van der Waals surface area contributed by atoms with Crippen molar-refractivity contribution in [1.29, 1.82) is 0 Å². The molecule has 0 saturated heterocycles. The number of furan rings is 1. The van der Waals surface area contributed by atoms with Crippen LogP contribution in [0.15, 0.2) is 71.9 Å². The second kappa shape index (κ2) is 6.42. The molecule has 0 aliphatic rings. The van der Waals surface area contributed by atoms with Crippen molar-refractivity contribution in [2.24, 2.45) is 7.05 Å². The van der Waals surface area contributed by atoms with Crippen LogP contribution >= 0.6 is 0 Å². The van der Waals surface area contributed by atoms with E-state index in [1.165, 1.54) is 0 Å². The second-order valence-corrected chi connectivity index (χ2v) is 6.77. The van der Waals surface area contributed by atoms with Crippen LogP contribution < -0.4 is 0 Å². The zero-order valence-corrected chi connectivity index (χ0v) is 15.2. The van der Waals surface area contributed by atoms with Crippen molar-refractivity contribution in [2.75, 3.05) is 0 Å². The number of aryl methyl sites for hydroxylation is 1. The van der Waals surface area contributed by atoms with Crippen LogP contribution in [0.3, 0.4) is 0 Å². The molecule has 0 atom stereocenters. The van der Waals surface area contributed by atoms with Gasteiger partial charge in [0.2, 0.25) is 0 Å². The number of pyridine rings is 2. The van der Waals surface area contributed by atoms with E-state index in [0.29, 0.717) is 11.1 Å². The Labute approximate surface area is 160 Å². The minimum Gasteiger partial charge on any atom is -0.464 e. The van der Waals surface area contributed by atoms with Gasteiger partial charge in [0.15, 0.2) is 5.78 Å². The van der Waals surface area contributed by atoms with Crippen LogP contribution in [0.4, 0.5) is 0 Å². The molecule has 0 saturated carbocycles. The van der Waals surface area contributed by atoms with Crippen LogP contribution in [0.5, 0.6) is 0 Å². The first-order valence-electron chi connectivity index (χ1n) is 8.90. The lowest BCUT2D eigenvalue weighted by Gasteiger charge is -2.05. The Morgan fingerprint density at radius 2 is 1.89 bits per heavy atom. The van der Waals surface area contributed by atoms with E-state index in [0.717, 1.165) is 33.1 Å². The monoisotopic (exact) mass is 368 g/mol. The van der Waals surface area contributed by atoms with Crippen molar-refractivity contribution in [2.45, 2.75) is 6.42 Å². The maximum Gasteiger partial charge on any atom is 0.168 e. The molecule has 0 radical (unpaired) electrons. The van der Waals surface area contributed by atoms with Crippen LogP contribution in [-0.4, -0.2) is 25.5 Å². The molecule has 28 heavy (non-hydrogen) atoms. The predicted octanol–water partition coefficient (Wildman–Crippen LogP) is 4.20. The molecule has 0 bridgehead atoms. The summed E-state index contributed by atoms with van der Waals surface area (Å²) in [6.07, 6.45) is 9.11. The van der Waals surface area contributed by atoms with E-state index in [1.807, 2.05) is 43.6 Å². The summed E-state index contributed by atoms with van der Waals surface area (Å²) in [5.74, 6) is 0.00619. The molecule has 0 amide bonds. The zero-order valence-electron chi connectivity index (χ0n) is 15.2. The predicted molar refractivity (Wildman–Crippen MR) is 106 cm³/mol. The summed E-state index contributed by atoms with van der Waals surface area (Å²) in [6.45, 7) is 0. The molecule has 0 aliphatic carbocycles. The lowest BCUT2D eigenvalue weighted by Crippen LogP contribution is -2.05. The van der Waals surface area contributed by atoms with Crippen molar-refractivity contribution in [3.63, 3.8) is 0 Å². The van der Waals surface area contributed by atoms with Gasteiger partial charge in [0.1, 0.15) is 5.58 Å². The van der Waals surface area contributed by atoms with Crippen LogP contribution in [0.2, 0.25) is 0 Å². The number of hydrogen-bond acceptors (Lipinski definition) is 5. The highest BCUT2D eigenvalue weighted by Gasteiger charge is 2.11. The molecule has 0 spiro atoms. The molecule has 5 aromatic rings. The minimum absolute atomic E-state index is 0.00619. The van der Waals surface area contributed by atoms with Gasteiger partial charge in [-0.3, -0.25) is 19.4 Å². The van der Waals surface area contributed by atoms with Crippen LogP contribution in [0.1, 0.15) is 16.1 Å². The topological polar surface area (TPSA) is 73.8 Å². The molecule has 0 N–H and O–H groups in total. The highest BCUT2D eigenvalue weighted by atomic mass is 16.3. The summed E-state index contributed by atoms with van der Waals surface area (Å²) in [5.41, 5.74) is 3.85. The molecule has 4 aromatic heterocycles. The maximum atomic E-state index is 12.7. The Kier molecular flexibility index (Phi) is 3.76. The summed E-state index contributed by atoms with van der Waals surface area (Å²) < 4.78 is 7.14. The van der Waals surface area contributed by atoms with Crippen molar-refractivity contribution in [3.05, 3.63) is 78.7 Å². The standard InChI is InChI=1S/C22H16N4O2/c1-26-13-18(12-25-26)20-7-16-6-19(23-10-17(16)11-24-20)9-21(27)15-3-2-14-4-5-28-22(14)8-15/h2-8,10-13H,9H2,1H3. The van der Waals surface area contributed by atoms with Crippen molar-refractivity contribution >= 4 is 27.5 Å². The van der Waals surface area contributed by atoms with Crippen LogP contribution in [0.25, 0.3) is 33.0 Å². The molecular weight excluding hydrogens is 352 g/mol. The van der Waals surface area contributed by atoms with Crippen molar-refractivity contribution in [3.8, 4) is 11.3 Å². The number of fused-ring (bicyclic) bond motifs is 2. The molecule has 0 fully saturated rings. The number of rotatable bonds is 4. The number of hydrogen-bond donors (Lipinski definition) is 0. The van der Waals surface area contributed by atoms with Gasteiger partial charge in [0, 0.05) is 53.2 Å². The normalized spacial score (nSPS) is 11.3. The SMILES string of the molecule is Cn1cc(-c2cc3cc(CC(=O)c4ccc5ccoc5c4)ncc3cn2)cn1. The van der Waals surface area contributed by atoms with Gasteiger partial charge in [-0.1, -0.05) is 12.1 Å². The average Bonchev–Trinajstić information content (AvgIpc) is 3.35. The van der Waals surface area contributed by atoms with E-state index in [2.05, 4.69) is 15.1 Å². The first kappa shape index (κ1) is 16.4. The fraction of sp³-hybridized carbons (Fsp3) is 0.0909. The highest BCUT2D eigenvalue weighted by molar-refractivity contribution is 6.00. The maximum absolute atomic E-state index is 12.7. The lowest BCUT2D eigenvalue weighted by molar-refractivity contribution is 0.0992. The molecule has 1 aromatic carbocycles. The quantitative estimate of drug-likeness (QED) is 0.445. The summed E-state index contributed by atoms with van der Waals surface area (Å²) >= 11 is 0. The summed E-state index contributed by atoms with van der Waals surface area (Å²) in [6, 6.07) is 11.3. The van der Waals surface area contributed by atoms with E-state index in [-0.39, 0.29) is 12.2 Å². The largest absolute Gasteiger partial charge is 0.464 e. The van der Waals surface area contributed by atoms with Crippen molar-refractivity contribution in [1.82, 2.24) is 19.7 Å². The van der Waals surface area contributed by atoms with Gasteiger partial charge < -0.3 is 4.42 Å². The number of aromatic nitrogens is 4. The molecule has 5 rings (SSSR count). The molecule has 6 nitrogen and oxygen atoms in total. The third-order valence-electron chi connectivity index (χ3n) is 4.78. The van der Waals surface area contributed by atoms with E-state index >= 15 is 0 Å². The number of ketones is 1. The Morgan fingerprint density at radius 3 is 2.75 bits per heavy atom. The highest BCUT2D eigenvalue weighted by Crippen LogP contribution is 2.23. The second-order valence-electron chi connectivity index (χ2n) is 6.77. The number of carbonyl (C=O) groups is 1. The lowest BCUT2D eigenvalue weighted by atomic mass is 10.0. The fourth-order valence-electron chi connectivity index (χ4n) is 3.29. The summed E-state index contributed by atoms with van der Waals surface area (Å²) in [7, 11) is 1.87. The number of Topliss-reactive ketones (excluding diaryl/α,β-unsaturated/α-hetero) is 1. The molecule has 0 unspecified atom stereocenters. The van der Waals surface area contributed by atoms with Gasteiger partial charge in [0.05, 0.1) is 24.6 Å². The Balaban J connectivity index is 1.45. The Morgan fingerprint density at radius 1 is 1.00 bits per heavy atom. The number of benzene rings is 1. The van der Waals surface area contributed by atoms with Crippen LogP contribution in [-0.2, 0) is 13.5 Å². The van der Waals surface area contributed by atoms with Gasteiger partial charge in [-0.25, -0.2) is 0 Å². The van der Waals surface area contributed by atoms with Gasteiger partial charge in [-0.05, 0) is 29.7 Å². The number of nitrogens with zero attached hydrogens (tertiary/aromatic N) is 4. The first-order valence-corrected chi connectivity index (χ1v) is 8.90. The third-order valence-corrected chi connectivity index (χ3v) is 4.78. The van der Waals surface area contributed by atoms with E-state index in [9.17, 15) is 4.79 Å². The Bertz CT molecular complexity index is 1330. The Hall–Kier alpha value is -3.80. The smallest absolute Gasteiger partial charge is 0.168 e.